The molecule has 0 spiro atoms. The fraction of sp³-hybridized carbons (Fsp3) is 0.548. The van der Waals surface area contributed by atoms with Crippen molar-refractivity contribution in [3.05, 3.63) is 52.0 Å². The first-order valence-electron chi connectivity index (χ1n) is 15.2. The topological polar surface area (TPSA) is 170 Å². The Kier molecular flexibility index (Phi) is 14.3. The van der Waals surface area contributed by atoms with Crippen LogP contribution in [0.5, 0.6) is 0 Å². The Labute approximate surface area is 273 Å². The van der Waals surface area contributed by atoms with Crippen molar-refractivity contribution in [1.29, 1.82) is 0 Å². The van der Waals surface area contributed by atoms with Gasteiger partial charge in [0.05, 0.1) is 12.6 Å². The summed E-state index contributed by atoms with van der Waals surface area (Å²) >= 11 is 2.80. The normalized spacial score (nSPS) is 24.5. The molecular formula is C31H45N7O5S2. The number of thioether (sulfide) groups is 1. The Bertz CT molecular complexity index is 1310. The number of aromatic nitrogens is 1. The van der Waals surface area contributed by atoms with E-state index in [4.69, 9.17) is 0 Å². The molecule has 0 radical (unpaired) electrons. The minimum Gasteiger partial charge on any atom is -0.350 e. The molecule has 2 aromatic rings. The van der Waals surface area contributed by atoms with E-state index in [1.165, 1.54) is 18.3 Å². The first-order chi connectivity index (χ1) is 21.5. The van der Waals surface area contributed by atoms with Crippen LogP contribution >= 0.6 is 23.1 Å². The zero-order valence-electron chi connectivity index (χ0n) is 26.5. The molecule has 3 rings (SSSR count). The van der Waals surface area contributed by atoms with Crippen LogP contribution in [-0.4, -0.2) is 83.8 Å². The highest BCUT2D eigenvalue weighted by Crippen LogP contribution is 2.25. The van der Waals surface area contributed by atoms with Gasteiger partial charge in [0, 0.05) is 18.0 Å². The Morgan fingerprint density at radius 2 is 1.62 bits per heavy atom. The zero-order chi connectivity index (χ0) is 32.9. The van der Waals surface area contributed by atoms with Crippen LogP contribution in [0.2, 0.25) is 0 Å². The molecule has 0 unspecified atom stereocenters. The van der Waals surface area contributed by atoms with Gasteiger partial charge < -0.3 is 31.9 Å². The maximum Gasteiger partial charge on any atom is 0.271 e. The largest absolute Gasteiger partial charge is 0.350 e. The molecule has 1 aromatic carbocycles. The van der Waals surface area contributed by atoms with Gasteiger partial charge in [0.2, 0.25) is 23.6 Å². The standard InChI is InChI=1S/C31H45N7O5S2/c1-6-22-28(41)36-23(12-13-44-5)29(42)34-21(14-20-10-8-7-9-11-20)15-32-16-25(39)38-26(18(2)3)31-37-24(17-45-31)30(43)33-19(4)27(40)35-22/h7-11,17-19,21-23,26,32H,6,12-16H2,1-5H3,(H,33,43)(H,34,42)(H,35,40)(H,36,41)(H,38,39)/t19-,21+,22+,23+,26+/m1/s1. The number of nitrogens with zero attached hydrogens (tertiary/aromatic N) is 1. The van der Waals surface area contributed by atoms with E-state index in [0.717, 1.165) is 5.56 Å². The van der Waals surface area contributed by atoms with Crippen molar-refractivity contribution in [2.75, 3.05) is 25.1 Å². The van der Waals surface area contributed by atoms with Gasteiger partial charge in [-0.15, -0.1) is 11.3 Å². The predicted octanol–water partition coefficient (Wildman–Crippen LogP) is 1.54. The molecule has 2 bridgehead atoms. The summed E-state index contributed by atoms with van der Waals surface area (Å²) in [4.78, 5) is 70.3. The lowest BCUT2D eigenvalue weighted by Gasteiger charge is -2.26. The minimum absolute atomic E-state index is 0.000780. The Hall–Kier alpha value is -3.49. The third-order valence-electron chi connectivity index (χ3n) is 7.38. The van der Waals surface area contributed by atoms with Gasteiger partial charge >= 0.3 is 0 Å². The molecular weight excluding hydrogens is 615 g/mol. The van der Waals surface area contributed by atoms with Gasteiger partial charge in [-0.05, 0) is 49.7 Å². The number of carbonyl (C=O) groups is 5. The number of benzene rings is 1. The zero-order valence-corrected chi connectivity index (χ0v) is 28.1. The van der Waals surface area contributed by atoms with Crippen LogP contribution in [0.1, 0.15) is 67.6 Å². The second kappa shape index (κ2) is 17.9. The number of hydrogen-bond donors (Lipinski definition) is 6. The molecule has 5 atom stereocenters. The second-order valence-electron chi connectivity index (χ2n) is 11.4. The predicted molar refractivity (Wildman–Crippen MR) is 177 cm³/mol. The number of carbonyl (C=O) groups excluding carboxylic acids is 5. The number of nitrogens with one attached hydrogen (secondary N) is 6. The van der Waals surface area contributed by atoms with E-state index >= 15 is 0 Å². The third-order valence-corrected chi connectivity index (χ3v) is 8.95. The van der Waals surface area contributed by atoms with Crippen molar-refractivity contribution in [3.8, 4) is 0 Å². The third kappa shape index (κ3) is 11.1. The van der Waals surface area contributed by atoms with Gasteiger partial charge in [0.25, 0.3) is 5.91 Å². The summed E-state index contributed by atoms with van der Waals surface area (Å²) < 4.78 is 0. The van der Waals surface area contributed by atoms with Crippen molar-refractivity contribution in [2.45, 2.75) is 77.2 Å². The van der Waals surface area contributed by atoms with Crippen molar-refractivity contribution in [2.24, 2.45) is 5.92 Å². The minimum atomic E-state index is -0.959. The summed E-state index contributed by atoms with van der Waals surface area (Å²) in [6.45, 7) is 7.48. The van der Waals surface area contributed by atoms with Crippen molar-refractivity contribution in [1.82, 2.24) is 36.9 Å². The molecule has 0 fully saturated rings. The molecule has 12 nitrogen and oxygen atoms in total. The quantitative estimate of drug-likeness (QED) is 0.260. The molecule has 2 heterocycles. The molecule has 1 aliphatic heterocycles. The van der Waals surface area contributed by atoms with E-state index in [2.05, 4.69) is 36.9 Å². The molecule has 0 saturated heterocycles. The van der Waals surface area contributed by atoms with Crippen LogP contribution in [0.4, 0.5) is 0 Å². The molecule has 246 valence electrons. The summed E-state index contributed by atoms with van der Waals surface area (Å²) in [5, 5.41) is 19.6. The first-order valence-corrected chi connectivity index (χ1v) is 17.5. The van der Waals surface area contributed by atoms with Crippen molar-refractivity contribution < 1.29 is 24.0 Å². The highest BCUT2D eigenvalue weighted by Gasteiger charge is 2.29. The fourth-order valence-electron chi connectivity index (χ4n) is 4.77. The summed E-state index contributed by atoms with van der Waals surface area (Å²) in [5.74, 6) is -1.57. The summed E-state index contributed by atoms with van der Waals surface area (Å²) in [7, 11) is 0. The van der Waals surface area contributed by atoms with Crippen LogP contribution in [0.25, 0.3) is 0 Å². The Balaban J connectivity index is 1.90. The summed E-state index contributed by atoms with van der Waals surface area (Å²) in [5.41, 5.74) is 1.14. The number of fused-ring (bicyclic) bond motifs is 2. The fourth-order valence-corrected chi connectivity index (χ4v) is 6.26. The molecule has 1 aliphatic rings. The van der Waals surface area contributed by atoms with Crippen LogP contribution in [0, 0.1) is 5.92 Å². The lowest BCUT2D eigenvalue weighted by atomic mass is 10.0. The molecule has 0 saturated carbocycles. The monoisotopic (exact) mass is 659 g/mol. The van der Waals surface area contributed by atoms with Crippen LogP contribution in [-0.2, 0) is 25.6 Å². The average Bonchev–Trinajstić information content (AvgIpc) is 3.50. The second-order valence-corrected chi connectivity index (χ2v) is 13.3. The first kappa shape index (κ1) is 36.0. The Morgan fingerprint density at radius 3 is 2.29 bits per heavy atom. The van der Waals surface area contributed by atoms with Gasteiger partial charge in [-0.2, -0.15) is 11.8 Å². The number of hydrogen-bond acceptors (Lipinski definition) is 9. The van der Waals surface area contributed by atoms with E-state index in [0.29, 0.717) is 30.1 Å². The highest BCUT2D eigenvalue weighted by atomic mass is 32.2. The smallest absolute Gasteiger partial charge is 0.271 e. The van der Waals surface area contributed by atoms with Gasteiger partial charge in [0.15, 0.2) is 0 Å². The van der Waals surface area contributed by atoms with Crippen LogP contribution < -0.4 is 31.9 Å². The Morgan fingerprint density at radius 1 is 0.933 bits per heavy atom. The molecule has 1 aromatic heterocycles. The van der Waals surface area contributed by atoms with E-state index in [1.54, 1.807) is 24.1 Å². The number of thiazole rings is 1. The summed E-state index contributed by atoms with van der Waals surface area (Å²) in [6, 6.07) is 6.19. The van der Waals surface area contributed by atoms with Crippen LogP contribution in [0.3, 0.4) is 0 Å². The van der Waals surface area contributed by atoms with Gasteiger partial charge in [-0.1, -0.05) is 51.1 Å². The SMILES string of the molecule is CC[C@@H]1NC(=O)[C@@H](C)NC(=O)c2csc(n2)[C@H](C(C)C)NC(=O)CNC[C@H](Cc2ccccc2)NC(=O)[C@H](CCSC)NC1=O. The maximum absolute atomic E-state index is 13.6. The number of rotatable bonds is 7. The lowest BCUT2D eigenvalue weighted by Crippen LogP contribution is -2.57. The molecule has 0 aliphatic carbocycles. The number of amides is 5. The molecule has 5 amide bonds. The van der Waals surface area contributed by atoms with E-state index < -0.39 is 41.9 Å². The van der Waals surface area contributed by atoms with Gasteiger partial charge in [-0.3, -0.25) is 24.0 Å². The highest BCUT2D eigenvalue weighted by molar-refractivity contribution is 7.98. The van der Waals surface area contributed by atoms with Crippen molar-refractivity contribution >= 4 is 52.6 Å². The molecule has 6 N–H and O–H groups in total. The van der Waals surface area contributed by atoms with Gasteiger partial charge in [-0.25, -0.2) is 4.98 Å². The van der Waals surface area contributed by atoms with E-state index in [-0.39, 0.29) is 42.4 Å². The summed E-state index contributed by atoms with van der Waals surface area (Å²) in [6.07, 6.45) is 3.09. The van der Waals surface area contributed by atoms with Crippen molar-refractivity contribution in [3.63, 3.8) is 0 Å². The molecule has 45 heavy (non-hydrogen) atoms. The lowest BCUT2D eigenvalue weighted by molar-refractivity contribution is -0.132. The van der Waals surface area contributed by atoms with Crippen LogP contribution in [0.15, 0.2) is 35.7 Å². The molecule has 14 heteroatoms. The van der Waals surface area contributed by atoms with E-state index in [1.807, 2.05) is 50.4 Å². The average molecular weight is 660 g/mol. The van der Waals surface area contributed by atoms with Gasteiger partial charge in [0.1, 0.15) is 28.8 Å². The van der Waals surface area contributed by atoms with E-state index in [9.17, 15) is 24.0 Å². The maximum atomic E-state index is 13.6.